The molecule has 0 N–H and O–H groups in total. The predicted molar refractivity (Wildman–Crippen MR) is 114 cm³/mol. The van der Waals surface area contributed by atoms with Crippen LogP contribution in [0.3, 0.4) is 0 Å². The molecule has 0 aromatic rings. The van der Waals surface area contributed by atoms with E-state index in [1.54, 1.807) is 0 Å². The molecule has 0 aliphatic carbocycles. The molecule has 0 spiro atoms. The largest absolute Gasteiger partial charge is 0.103 e. The Bertz CT molecular complexity index is 448. The van der Waals surface area contributed by atoms with Gasteiger partial charge in [0.15, 0.2) is 0 Å². The molecule has 0 atom stereocenters. The van der Waals surface area contributed by atoms with Crippen LogP contribution in [0.1, 0.15) is 80.1 Å². The van der Waals surface area contributed by atoms with Crippen LogP contribution in [0.2, 0.25) is 0 Å². The van der Waals surface area contributed by atoms with Crippen LogP contribution in [0.15, 0.2) is 71.9 Å². The second kappa shape index (κ2) is 17.8. The lowest BCUT2D eigenvalue weighted by Crippen LogP contribution is -1.77. The fourth-order valence-electron chi connectivity index (χ4n) is 1.98. The molecule has 0 heteroatoms. The monoisotopic (exact) mass is 328 g/mol. The summed E-state index contributed by atoms with van der Waals surface area (Å²) in [5.74, 6) is 0. The summed E-state index contributed by atoms with van der Waals surface area (Å²) in [6, 6.07) is 0. The first-order valence-corrected chi connectivity index (χ1v) is 9.15. The van der Waals surface area contributed by atoms with Gasteiger partial charge in [0.05, 0.1) is 0 Å². The summed E-state index contributed by atoms with van der Waals surface area (Å²) in [6.45, 7) is 20.3. The van der Waals surface area contributed by atoms with Gasteiger partial charge >= 0.3 is 0 Å². The topological polar surface area (TPSA) is 0 Å². The van der Waals surface area contributed by atoms with Crippen LogP contribution in [0, 0.1) is 0 Å². The lowest BCUT2D eigenvalue weighted by Gasteiger charge is -1.97. The van der Waals surface area contributed by atoms with Crippen molar-refractivity contribution in [3.8, 4) is 0 Å². The smallest absolute Gasteiger partial charge is 0.0144 e. The lowest BCUT2D eigenvalue weighted by molar-refractivity contribution is 0.957. The molecule has 0 fully saturated rings. The minimum atomic E-state index is 1.00. The Morgan fingerprint density at radius 1 is 0.708 bits per heavy atom. The van der Waals surface area contributed by atoms with Crippen molar-refractivity contribution in [2.75, 3.05) is 0 Å². The van der Waals surface area contributed by atoms with Crippen molar-refractivity contribution in [1.82, 2.24) is 0 Å². The molecule has 0 aliphatic heterocycles. The van der Waals surface area contributed by atoms with Crippen molar-refractivity contribution in [3.05, 3.63) is 71.9 Å². The Kier molecular flexibility index (Phi) is 18.3. The highest BCUT2D eigenvalue weighted by atomic mass is 13.9. The van der Waals surface area contributed by atoms with E-state index in [2.05, 4.69) is 79.0 Å². The molecule has 0 unspecified atom stereocenters. The quantitative estimate of drug-likeness (QED) is 0.352. The third-order valence-corrected chi connectivity index (χ3v) is 3.71. The zero-order chi connectivity index (χ0) is 18.8. The second-order valence-corrected chi connectivity index (χ2v) is 6.61. The number of allylic oxidation sites excluding steroid dienone is 10. The molecule has 0 saturated carbocycles. The number of hydrogen-bond donors (Lipinski definition) is 0. The predicted octanol–water partition coefficient (Wildman–Crippen LogP) is 8.51. The van der Waals surface area contributed by atoms with Crippen LogP contribution >= 0.6 is 0 Å². The van der Waals surface area contributed by atoms with Crippen molar-refractivity contribution in [1.29, 1.82) is 0 Å². The molecule has 0 nitrogen and oxygen atoms in total. The lowest BCUT2D eigenvalue weighted by atomic mass is 10.1. The maximum atomic E-state index is 3.71. The van der Waals surface area contributed by atoms with Gasteiger partial charge in [0.1, 0.15) is 0 Å². The summed E-state index contributed by atoms with van der Waals surface area (Å²) >= 11 is 0. The van der Waals surface area contributed by atoms with Gasteiger partial charge in [-0.1, -0.05) is 58.7 Å². The molecule has 0 bridgehead atoms. The molecule has 0 rings (SSSR count). The highest BCUT2D eigenvalue weighted by molar-refractivity contribution is 5.05. The van der Waals surface area contributed by atoms with Crippen molar-refractivity contribution in [2.45, 2.75) is 80.1 Å². The average Bonchev–Trinajstić information content (AvgIpc) is 2.53. The first kappa shape index (κ1) is 24.7. The van der Waals surface area contributed by atoms with Crippen molar-refractivity contribution in [3.63, 3.8) is 0 Å². The van der Waals surface area contributed by atoms with Gasteiger partial charge in [0.25, 0.3) is 0 Å². The molecule has 0 aliphatic rings. The maximum Gasteiger partial charge on any atom is -0.0144 e. The molecule has 0 saturated heterocycles. The number of rotatable bonds is 10. The van der Waals surface area contributed by atoms with Gasteiger partial charge < -0.3 is 0 Å². The van der Waals surface area contributed by atoms with Gasteiger partial charge in [0.2, 0.25) is 0 Å². The fourth-order valence-corrected chi connectivity index (χ4v) is 1.98. The Balaban J connectivity index is 0. The van der Waals surface area contributed by atoms with Crippen LogP contribution in [0.5, 0.6) is 0 Å². The number of hydrogen-bond acceptors (Lipinski definition) is 0. The van der Waals surface area contributed by atoms with Crippen LogP contribution in [0.25, 0.3) is 0 Å². The fraction of sp³-hybridized carbons (Fsp3) is 0.500. The summed E-state index contributed by atoms with van der Waals surface area (Å²) in [5, 5.41) is 0. The zero-order valence-electron chi connectivity index (χ0n) is 17.1. The van der Waals surface area contributed by atoms with Crippen molar-refractivity contribution >= 4 is 0 Å². The molecular weight excluding hydrogens is 288 g/mol. The van der Waals surface area contributed by atoms with Gasteiger partial charge in [-0.15, -0.1) is 13.2 Å². The Morgan fingerprint density at radius 3 is 1.79 bits per heavy atom. The molecule has 24 heavy (non-hydrogen) atoms. The molecule has 0 radical (unpaired) electrons. The highest BCUT2D eigenvalue weighted by Crippen LogP contribution is 2.08. The molecule has 0 aromatic heterocycles. The summed E-state index contributed by atoms with van der Waals surface area (Å²) in [7, 11) is 0. The van der Waals surface area contributed by atoms with E-state index in [1.165, 1.54) is 41.6 Å². The Hall–Kier alpha value is -1.56. The van der Waals surface area contributed by atoms with E-state index in [0.29, 0.717) is 0 Å². The molecule has 0 amide bonds. The van der Waals surface area contributed by atoms with Crippen LogP contribution in [-0.2, 0) is 0 Å². The van der Waals surface area contributed by atoms with Gasteiger partial charge in [-0.2, -0.15) is 0 Å². The third kappa shape index (κ3) is 20.4. The van der Waals surface area contributed by atoms with E-state index in [9.17, 15) is 0 Å². The van der Waals surface area contributed by atoms with E-state index in [-0.39, 0.29) is 0 Å². The van der Waals surface area contributed by atoms with E-state index < -0.39 is 0 Å². The third-order valence-electron chi connectivity index (χ3n) is 3.71. The average molecular weight is 329 g/mol. The minimum absolute atomic E-state index is 1.00. The maximum absolute atomic E-state index is 3.71. The molecule has 0 heterocycles. The van der Waals surface area contributed by atoms with Crippen molar-refractivity contribution < 1.29 is 0 Å². The highest BCUT2D eigenvalue weighted by Gasteiger charge is 1.88. The minimum Gasteiger partial charge on any atom is -0.103 e. The Morgan fingerprint density at radius 2 is 1.29 bits per heavy atom. The Labute approximate surface area is 152 Å². The van der Waals surface area contributed by atoms with Crippen molar-refractivity contribution in [2.24, 2.45) is 0 Å². The van der Waals surface area contributed by atoms with E-state index in [0.717, 1.165) is 19.3 Å². The van der Waals surface area contributed by atoms with Crippen LogP contribution in [-0.4, -0.2) is 0 Å². The molecule has 0 aromatic carbocycles. The van der Waals surface area contributed by atoms with E-state index in [1.807, 2.05) is 12.2 Å². The molecular formula is C24H40. The van der Waals surface area contributed by atoms with Gasteiger partial charge in [-0.25, -0.2) is 0 Å². The SMILES string of the molecule is C=CCC(C)=CCCC(C)=CC.C=CCC=C(C)CCC=C(C)C. The second-order valence-electron chi connectivity index (χ2n) is 6.61. The normalized spacial score (nSPS) is 12.2. The first-order valence-electron chi connectivity index (χ1n) is 9.15. The first-order chi connectivity index (χ1) is 11.4. The zero-order valence-corrected chi connectivity index (χ0v) is 17.1. The van der Waals surface area contributed by atoms with Gasteiger partial charge in [0, 0.05) is 0 Å². The summed E-state index contributed by atoms with van der Waals surface area (Å²) < 4.78 is 0. The summed E-state index contributed by atoms with van der Waals surface area (Å²) in [6.07, 6.45) is 19.6. The molecule has 136 valence electrons. The van der Waals surface area contributed by atoms with Crippen LogP contribution in [0.4, 0.5) is 0 Å². The van der Waals surface area contributed by atoms with Gasteiger partial charge in [-0.05, 0) is 80.1 Å². The summed E-state index contributed by atoms with van der Waals surface area (Å²) in [4.78, 5) is 0. The van der Waals surface area contributed by atoms with Gasteiger partial charge in [-0.3, -0.25) is 0 Å². The summed E-state index contributed by atoms with van der Waals surface area (Å²) in [5.41, 5.74) is 5.77. The van der Waals surface area contributed by atoms with E-state index in [4.69, 9.17) is 0 Å². The van der Waals surface area contributed by atoms with Crippen LogP contribution < -0.4 is 0 Å². The van der Waals surface area contributed by atoms with E-state index >= 15 is 0 Å². The standard InChI is InChI=1S/2C12H20/c1-5-6-9-12(4)10-7-8-11(2)3;1-5-8-12(4)10-7-9-11(3)6-2/h5,8-9H,1,6-7,10H2,2-4H3;5-6,10H,1,7-9H2,2-4H3.